The summed E-state index contributed by atoms with van der Waals surface area (Å²) in [6.45, 7) is 4.55. The van der Waals surface area contributed by atoms with Crippen molar-refractivity contribution in [3.63, 3.8) is 0 Å². The van der Waals surface area contributed by atoms with E-state index in [0.717, 1.165) is 12.0 Å². The molecule has 0 saturated heterocycles. The van der Waals surface area contributed by atoms with Crippen molar-refractivity contribution < 1.29 is 9.53 Å². The van der Waals surface area contributed by atoms with E-state index in [0.29, 0.717) is 23.5 Å². The minimum absolute atomic E-state index is 0.0920. The molecule has 2 heterocycles. The molecule has 0 aliphatic carbocycles. The van der Waals surface area contributed by atoms with Crippen LogP contribution < -0.4 is 4.74 Å². The van der Waals surface area contributed by atoms with Crippen molar-refractivity contribution >= 4 is 5.78 Å². The number of carbonyl (C=O) groups is 1. The zero-order valence-electron chi connectivity index (χ0n) is 11.1. The third kappa shape index (κ3) is 3.37. The summed E-state index contributed by atoms with van der Waals surface area (Å²) in [4.78, 5) is 20.4. The van der Waals surface area contributed by atoms with E-state index < -0.39 is 0 Å². The SMILES string of the molecule is CCCOc1cncc(C(=O)c2cncc(C)c2)c1. The van der Waals surface area contributed by atoms with E-state index in [2.05, 4.69) is 9.97 Å². The van der Waals surface area contributed by atoms with Gasteiger partial charge in [-0.1, -0.05) is 6.92 Å². The number of ether oxygens (including phenoxy) is 1. The van der Waals surface area contributed by atoms with Crippen LogP contribution in [0.2, 0.25) is 0 Å². The summed E-state index contributed by atoms with van der Waals surface area (Å²) in [7, 11) is 0. The van der Waals surface area contributed by atoms with Crippen LogP contribution in [0.4, 0.5) is 0 Å². The Kier molecular flexibility index (Phi) is 4.23. The van der Waals surface area contributed by atoms with Gasteiger partial charge in [0.25, 0.3) is 0 Å². The van der Waals surface area contributed by atoms with E-state index in [1.807, 2.05) is 19.9 Å². The third-order valence-electron chi connectivity index (χ3n) is 2.59. The molecule has 19 heavy (non-hydrogen) atoms. The molecule has 2 aromatic rings. The lowest BCUT2D eigenvalue weighted by Crippen LogP contribution is -2.04. The molecular weight excluding hydrogens is 240 g/mol. The van der Waals surface area contributed by atoms with Crippen molar-refractivity contribution in [1.29, 1.82) is 0 Å². The number of hydrogen-bond donors (Lipinski definition) is 0. The maximum Gasteiger partial charge on any atom is 0.196 e. The summed E-state index contributed by atoms with van der Waals surface area (Å²) in [6.07, 6.45) is 7.36. The zero-order valence-corrected chi connectivity index (χ0v) is 11.1. The second kappa shape index (κ2) is 6.09. The number of pyridine rings is 2. The molecule has 0 amide bonds. The van der Waals surface area contributed by atoms with E-state index in [4.69, 9.17) is 4.74 Å². The zero-order chi connectivity index (χ0) is 13.7. The molecule has 0 N–H and O–H groups in total. The molecule has 0 aliphatic rings. The van der Waals surface area contributed by atoms with Gasteiger partial charge >= 0.3 is 0 Å². The second-order valence-electron chi connectivity index (χ2n) is 4.34. The molecule has 0 unspecified atom stereocenters. The fourth-order valence-electron chi connectivity index (χ4n) is 1.69. The maximum absolute atomic E-state index is 12.3. The van der Waals surface area contributed by atoms with Crippen LogP contribution in [0.15, 0.2) is 36.9 Å². The third-order valence-corrected chi connectivity index (χ3v) is 2.59. The minimum Gasteiger partial charge on any atom is -0.492 e. The standard InChI is InChI=1S/C15H16N2O2/c1-3-4-19-14-6-13(9-17-10-14)15(18)12-5-11(2)7-16-8-12/h5-10H,3-4H2,1-2H3. The molecule has 0 aromatic carbocycles. The molecule has 0 radical (unpaired) electrons. The normalized spacial score (nSPS) is 10.2. The Morgan fingerprint density at radius 2 is 1.79 bits per heavy atom. The molecule has 0 saturated carbocycles. The van der Waals surface area contributed by atoms with Gasteiger partial charge in [-0.15, -0.1) is 0 Å². The van der Waals surface area contributed by atoms with Crippen molar-refractivity contribution in [2.45, 2.75) is 20.3 Å². The predicted molar refractivity (Wildman–Crippen MR) is 72.4 cm³/mol. The first-order valence-corrected chi connectivity index (χ1v) is 6.25. The Balaban J connectivity index is 2.24. The minimum atomic E-state index is -0.0920. The van der Waals surface area contributed by atoms with Crippen LogP contribution in [0.25, 0.3) is 0 Å². The number of ketones is 1. The van der Waals surface area contributed by atoms with Gasteiger partial charge in [0.05, 0.1) is 12.8 Å². The number of rotatable bonds is 5. The number of hydrogen-bond acceptors (Lipinski definition) is 4. The summed E-state index contributed by atoms with van der Waals surface area (Å²) in [5.74, 6) is 0.527. The van der Waals surface area contributed by atoms with Crippen molar-refractivity contribution in [2.24, 2.45) is 0 Å². The van der Waals surface area contributed by atoms with Crippen LogP contribution in [0.5, 0.6) is 5.75 Å². The molecule has 4 nitrogen and oxygen atoms in total. The summed E-state index contributed by atoms with van der Waals surface area (Å²) in [5, 5.41) is 0. The molecule has 0 atom stereocenters. The van der Waals surface area contributed by atoms with Gasteiger partial charge < -0.3 is 4.74 Å². The van der Waals surface area contributed by atoms with E-state index in [9.17, 15) is 4.79 Å². The molecule has 0 aliphatic heterocycles. The largest absolute Gasteiger partial charge is 0.492 e. The monoisotopic (exact) mass is 256 g/mol. The second-order valence-corrected chi connectivity index (χ2v) is 4.34. The highest BCUT2D eigenvalue weighted by molar-refractivity contribution is 6.08. The van der Waals surface area contributed by atoms with Crippen LogP contribution in [0, 0.1) is 6.92 Å². The summed E-state index contributed by atoms with van der Waals surface area (Å²) >= 11 is 0. The number of aryl methyl sites for hydroxylation is 1. The van der Waals surface area contributed by atoms with Crippen molar-refractivity contribution in [3.8, 4) is 5.75 Å². The molecule has 0 spiro atoms. The fourth-order valence-corrected chi connectivity index (χ4v) is 1.69. The van der Waals surface area contributed by atoms with Gasteiger partial charge in [-0.05, 0) is 31.0 Å². The van der Waals surface area contributed by atoms with Crippen LogP contribution in [-0.4, -0.2) is 22.4 Å². The Morgan fingerprint density at radius 3 is 2.47 bits per heavy atom. The van der Waals surface area contributed by atoms with Crippen LogP contribution in [-0.2, 0) is 0 Å². The van der Waals surface area contributed by atoms with Crippen molar-refractivity contribution in [3.05, 3.63) is 53.6 Å². The smallest absolute Gasteiger partial charge is 0.196 e. The molecular formula is C15H16N2O2. The van der Waals surface area contributed by atoms with Gasteiger partial charge in [0.15, 0.2) is 5.78 Å². The van der Waals surface area contributed by atoms with E-state index >= 15 is 0 Å². The predicted octanol–water partition coefficient (Wildman–Crippen LogP) is 2.80. The highest BCUT2D eigenvalue weighted by Crippen LogP contribution is 2.15. The Labute approximate surface area is 112 Å². The molecule has 98 valence electrons. The first kappa shape index (κ1) is 13.2. The van der Waals surface area contributed by atoms with E-state index in [1.165, 1.54) is 0 Å². The number of carbonyl (C=O) groups excluding carboxylic acids is 1. The summed E-state index contributed by atoms with van der Waals surface area (Å²) in [5.41, 5.74) is 2.03. The van der Waals surface area contributed by atoms with Crippen molar-refractivity contribution in [1.82, 2.24) is 9.97 Å². The average Bonchev–Trinajstić information content (AvgIpc) is 2.44. The van der Waals surface area contributed by atoms with Gasteiger partial charge in [-0.3, -0.25) is 14.8 Å². The Hall–Kier alpha value is -2.23. The molecule has 2 aromatic heterocycles. The number of aromatic nitrogens is 2. The van der Waals surface area contributed by atoms with E-state index in [-0.39, 0.29) is 5.78 Å². The highest BCUT2D eigenvalue weighted by Gasteiger charge is 2.11. The van der Waals surface area contributed by atoms with Gasteiger partial charge in [-0.2, -0.15) is 0 Å². The Bertz CT molecular complexity index is 582. The maximum atomic E-state index is 12.3. The molecule has 2 rings (SSSR count). The molecule has 0 bridgehead atoms. The van der Waals surface area contributed by atoms with Crippen molar-refractivity contribution in [2.75, 3.05) is 6.61 Å². The first-order chi connectivity index (χ1) is 9.20. The highest BCUT2D eigenvalue weighted by atomic mass is 16.5. The molecule has 0 fully saturated rings. The number of nitrogens with zero attached hydrogens (tertiary/aromatic N) is 2. The Morgan fingerprint density at radius 1 is 1.11 bits per heavy atom. The topological polar surface area (TPSA) is 52.1 Å². The quantitative estimate of drug-likeness (QED) is 0.772. The average molecular weight is 256 g/mol. The van der Waals surface area contributed by atoms with Crippen LogP contribution in [0.3, 0.4) is 0 Å². The lowest BCUT2D eigenvalue weighted by atomic mass is 10.1. The van der Waals surface area contributed by atoms with Crippen LogP contribution >= 0.6 is 0 Å². The summed E-state index contributed by atoms with van der Waals surface area (Å²) in [6, 6.07) is 3.53. The first-order valence-electron chi connectivity index (χ1n) is 6.25. The molecule has 4 heteroatoms. The van der Waals surface area contributed by atoms with Crippen LogP contribution in [0.1, 0.15) is 34.8 Å². The van der Waals surface area contributed by atoms with Gasteiger partial charge in [0.1, 0.15) is 5.75 Å². The van der Waals surface area contributed by atoms with Gasteiger partial charge in [-0.25, -0.2) is 0 Å². The summed E-state index contributed by atoms with van der Waals surface area (Å²) < 4.78 is 5.48. The lowest BCUT2D eigenvalue weighted by Gasteiger charge is -2.06. The fraction of sp³-hybridized carbons (Fsp3) is 0.267. The van der Waals surface area contributed by atoms with Gasteiger partial charge in [0.2, 0.25) is 0 Å². The van der Waals surface area contributed by atoms with E-state index in [1.54, 1.807) is 30.9 Å². The lowest BCUT2D eigenvalue weighted by molar-refractivity contribution is 0.103. The van der Waals surface area contributed by atoms with Gasteiger partial charge in [0, 0.05) is 29.7 Å².